The van der Waals surface area contributed by atoms with E-state index in [1.807, 2.05) is 32.0 Å². The van der Waals surface area contributed by atoms with Crippen molar-refractivity contribution in [1.29, 1.82) is 0 Å². The van der Waals surface area contributed by atoms with E-state index >= 15 is 0 Å². The fraction of sp³-hybridized carbons (Fsp3) is 0.167. The molecule has 0 bridgehead atoms. The van der Waals surface area contributed by atoms with E-state index in [9.17, 15) is 8.42 Å². The highest BCUT2D eigenvalue weighted by Gasteiger charge is 2.31. The first-order valence-electron chi connectivity index (χ1n) is 7.45. The quantitative estimate of drug-likeness (QED) is 0.855. The molecular formula is C18H17ClN2O2S. The number of hydrogen-bond donors (Lipinski definition) is 1. The van der Waals surface area contributed by atoms with Gasteiger partial charge in [0, 0.05) is 16.3 Å². The van der Waals surface area contributed by atoms with E-state index in [0.717, 1.165) is 16.8 Å². The number of aryl methyl sites for hydroxylation is 1. The number of rotatable bonds is 2. The average Bonchev–Trinajstić information content (AvgIpc) is 2.73. The Balaban J connectivity index is 2.06. The molecule has 0 aliphatic carbocycles. The second-order valence-electron chi connectivity index (χ2n) is 5.75. The normalized spacial score (nSPS) is 16.2. The molecule has 0 saturated carbocycles. The summed E-state index contributed by atoms with van der Waals surface area (Å²) in [5.74, 6) is 0.346. The largest absolute Gasteiger partial charge is 0.339 e. The van der Waals surface area contributed by atoms with Gasteiger partial charge in [-0.05, 0) is 55.7 Å². The summed E-state index contributed by atoms with van der Waals surface area (Å²) in [6, 6.07) is 12.6. The lowest BCUT2D eigenvalue weighted by Gasteiger charge is -2.11. The Bertz CT molecular complexity index is 992. The Kier molecular flexibility index (Phi) is 4.24. The van der Waals surface area contributed by atoms with Gasteiger partial charge in [0.25, 0.3) is 10.0 Å². The monoisotopic (exact) mass is 360 g/mol. The van der Waals surface area contributed by atoms with Crippen LogP contribution < -0.4 is 5.32 Å². The molecule has 0 atom stereocenters. The van der Waals surface area contributed by atoms with Crippen molar-refractivity contribution in [1.82, 2.24) is 0 Å². The van der Waals surface area contributed by atoms with E-state index in [2.05, 4.69) is 9.71 Å². The Hall–Kier alpha value is -2.11. The first-order valence-corrected chi connectivity index (χ1v) is 9.27. The second-order valence-corrected chi connectivity index (χ2v) is 7.73. The fourth-order valence-corrected chi connectivity index (χ4v) is 4.27. The molecule has 6 heteroatoms. The van der Waals surface area contributed by atoms with Gasteiger partial charge in [-0.3, -0.25) is 0 Å². The van der Waals surface area contributed by atoms with E-state index < -0.39 is 10.0 Å². The van der Waals surface area contributed by atoms with Crippen molar-refractivity contribution in [2.75, 3.05) is 5.32 Å². The van der Waals surface area contributed by atoms with Gasteiger partial charge in [0.15, 0.2) is 0 Å². The van der Waals surface area contributed by atoms with Gasteiger partial charge in [0.2, 0.25) is 0 Å². The lowest BCUT2D eigenvalue weighted by molar-refractivity contribution is 0.608. The number of halogens is 1. The standard InChI is InChI=1S/C18H17ClN2O2S/c1-11-6-4-9-16(12(11)2)20-18-13(3)17(24(22,23)21-18)14-7-5-8-15(19)10-14/h4-10H,1-3H3,(H,20,21). The molecule has 3 rings (SSSR count). The van der Waals surface area contributed by atoms with Gasteiger partial charge >= 0.3 is 0 Å². The minimum absolute atomic E-state index is 0.192. The molecule has 124 valence electrons. The predicted molar refractivity (Wildman–Crippen MR) is 99.9 cm³/mol. The molecule has 0 saturated heterocycles. The summed E-state index contributed by atoms with van der Waals surface area (Å²) >= 11 is 6.00. The van der Waals surface area contributed by atoms with Gasteiger partial charge in [0.05, 0.1) is 0 Å². The van der Waals surface area contributed by atoms with Crippen LogP contribution >= 0.6 is 11.6 Å². The van der Waals surface area contributed by atoms with Crippen LogP contribution in [-0.4, -0.2) is 14.3 Å². The van der Waals surface area contributed by atoms with Crippen LogP contribution in [-0.2, 0) is 10.0 Å². The molecule has 0 radical (unpaired) electrons. The molecule has 1 aliphatic heterocycles. The molecule has 0 spiro atoms. The first-order chi connectivity index (χ1) is 11.3. The van der Waals surface area contributed by atoms with Crippen LogP contribution in [0.2, 0.25) is 5.02 Å². The number of anilines is 1. The lowest BCUT2D eigenvalue weighted by Crippen LogP contribution is -2.12. The Morgan fingerprint density at radius 3 is 2.46 bits per heavy atom. The fourth-order valence-electron chi connectivity index (χ4n) is 2.66. The highest BCUT2D eigenvalue weighted by molar-refractivity contribution is 8.00. The summed E-state index contributed by atoms with van der Waals surface area (Å²) in [5, 5.41) is 3.63. The number of nitrogens with one attached hydrogen (secondary N) is 1. The minimum atomic E-state index is -3.75. The van der Waals surface area contributed by atoms with Crippen LogP contribution in [0.25, 0.3) is 4.91 Å². The maximum Gasteiger partial charge on any atom is 0.285 e. The Labute approximate surface area is 146 Å². The van der Waals surface area contributed by atoms with E-state index in [1.54, 1.807) is 31.2 Å². The zero-order valence-corrected chi connectivity index (χ0v) is 15.2. The van der Waals surface area contributed by atoms with Crippen molar-refractivity contribution >= 4 is 38.1 Å². The van der Waals surface area contributed by atoms with Gasteiger partial charge in [-0.15, -0.1) is 4.40 Å². The van der Waals surface area contributed by atoms with Gasteiger partial charge in [-0.25, -0.2) is 0 Å². The molecule has 1 N–H and O–H groups in total. The van der Waals surface area contributed by atoms with E-state index in [0.29, 0.717) is 22.0 Å². The van der Waals surface area contributed by atoms with Crippen LogP contribution in [0, 0.1) is 13.8 Å². The molecule has 1 aliphatic rings. The molecule has 0 amide bonds. The summed E-state index contributed by atoms with van der Waals surface area (Å²) in [6.07, 6.45) is 0. The number of sulfonamides is 1. The maximum absolute atomic E-state index is 12.5. The summed E-state index contributed by atoms with van der Waals surface area (Å²) < 4.78 is 28.9. The van der Waals surface area contributed by atoms with Gasteiger partial charge < -0.3 is 5.32 Å². The number of nitrogens with zero attached hydrogens (tertiary/aromatic N) is 1. The van der Waals surface area contributed by atoms with Crippen molar-refractivity contribution in [3.05, 3.63) is 69.8 Å². The zero-order valence-electron chi connectivity index (χ0n) is 13.6. The number of hydrogen-bond acceptors (Lipinski definition) is 3. The van der Waals surface area contributed by atoms with Crippen molar-refractivity contribution in [2.45, 2.75) is 20.8 Å². The molecule has 0 unspecified atom stereocenters. The van der Waals surface area contributed by atoms with Crippen molar-refractivity contribution in [3.63, 3.8) is 0 Å². The van der Waals surface area contributed by atoms with E-state index in [4.69, 9.17) is 11.6 Å². The van der Waals surface area contributed by atoms with Crippen molar-refractivity contribution in [3.8, 4) is 0 Å². The van der Waals surface area contributed by atoms with Crippen LogP contribution in [0.1, 0.15) is 23.6 Å². The molecule has 24 heavy (non-hydrogen) atoms. The molecular weight excluding hydrogens is 344 g/mol. The lowest BCUT2D eigenvalue weighted by atomic mass is 10.1. The summed E-state index contributed by atoms with van der Waals surface area (Å²) in [6.45, 7) is 5.74. The Morgan fingerprint density at radius 2 is 1.75 bits per heavy atom. The minimum Gasteiger partial charge on any atom is -0.339 e. The first kappa shape index (κ1) is 16.7. The summed E-state index contributed by atoms with van der Waals surface area (Å²) in [5.41, 5.74) is 4.15. The topological polar surface area (TPSA) is 58.5 Å². The summed E-state index contributed by atoms with van der Waals surface area (Å²) in [7, 11) is -3.75. The average molecular weight is 361 g/mol. The Morgan fingerprint density at radius 1 is 1.04 bits per heavy atom. The zero-order chi connectivity index (χ0) is 17.5. The molecule has 4 nitrogen and oxygen atoms in total. The van der Waals surface area contributed by atoms with E-state index in [-0.39, 0.29) is 4.91 Å². The van der Waals surface area contributed by atoms with Crippen molar-refractivity contribution < 1.29 is 8.42 Å². The van der Waals surface area contributed by atoms with Gasteiger partial charge in [-0.1, -0.05) is 35.9 Å². The smallest absolute Gasteiger partial charge is 0.285 e. The van der Waals surface area contributed by atoms with Gasteiger partial charge in [0.1, 0.15) is 10.7 Å². The third-order valence-corrected chi connectivity index (χ3v) is 5.83. The maximum atomic E-state index is 12.5. The molecule has 2 aromatic rings. The van der Waals surface area contributed by atoms with Crippen LogP contribution in [0.4, 0.5) is 5.69 Å². The van der Waals surface area contributed by atoms with Crippen LogP contribution in [0.5, 0.6) is 0 Å². The highest BCUT2D eigenvalue weighted by Crippen LogP contribution is 2.34. The molecule has 2 aromatic carbocycles. The van der Waals surface area contributed by atoms with Crippen LogP contribution in [0.3, 0.4) is 0 Å². The predicted octanol–water partition coefficient (Wildman–Crippen LogP) is 4.54. The molecule has 0 fully saturated rings. The number of amidine groups is 1. The number of benzene rings is 2. The third kappa shape index (κ3) is 2.97. The SMILES string of the molecule is CC1=C(c2cccc(Cl)c2)S(=O)(=O)N=C1Nc1cccc(C)c1C. The van der Waals surface area contributed by atoms with E-state index in [1.165, 1.54) is 0 Å². The second kappa shape index (κ2) is 6.07. The van der Waals surface area contributed by atoms with Gasteiger partial charge in [-0.2, -0.15) is 8.42 Å². The molecule has 1 heterocycles. The third-order valence-electron chi connectivity index (χ3n) is 4.11. The summed E-state index contributed by atoms with van der Waals surface area (Å²) in [4.78, 5) is 0.192. The molecule has 0 aromatic heterocycles. The van der Waals surface area contributed by atoms with Crippen molar-refractivity contribution in [2.24, 2.45) is 4.40 Å². The van der Waals surface area contributed by atoms with Crippen LogP contribution in [0.15, 0.2) is 52.4 Å². The highest BCUT2D eigenvalue weighted by atomic mass is 35.5.